The number of fused-ring (bicyclic) bond motifs is 1. The number of hydrogen-bond acceptors (Lipinski definition) is 4. The Morgan fingerprint density at radius 3 is 2.71 bits per heavy atom. The van der Waals surface area contributed by atoms with Crippen LogP contribution in [0.3, 0.4) is 0 Å². The molecule has 0 unspecified atom stereocenters. The summed E-state index contributed by atoms with van der Waals surface area (Å²) in [7, 11) is 0. The van der Waals surface area contributed by atoms with Gasteiger partial charge in [0.05, 0.1) is 41.3 Å². The van der Waals surface area contributed by atoms with Crippen LogP contribution in [0.25, 0.3) is 16.9 Å². The van der Waals surface area contributed by atoms with E-state index in [1.807, 2.05) is 73.0 Å². The van der Waals surface area contributed by atoms with E-state index < -0.39 is 0 Å². The Bertz CT molecular complexity index is 1360. The minimum absolute atomic E-state index is 0.165. The van der Waals surface area contributed by atoms with Gasteiger partial charge in [-0.15, -0.1) is 0 Å². The summed E-state index contributed by atoms with van der Waals surface area (Å²) in [6.07, 6.45) is 5.06. The lowest BCUT2D eigenvalue weighted by molar-refractivity contribution is 0.102. The van der Waals surface area contributed by atoms with E-state index in [1.165, 1.54) is 0 Å². The number of furan rings is 1. The molecule has 154 valence electrons. The Kier molecular flexibility index (Phi) is 4.63. The molecular formula is C24H21N5O2. The first-order chi connectivity index (χ1) is 15.1. The molecule has 0 spiro atoms. The van der Waals surface area contributed by atoms with Gasteiger partial charge in [0, 0.05) is 11.4 Å². The Labute approximate surface area is 179 Å². The first kappa shape index (κ1) is 18.9. The van der Waals surface area contributed by atoms with E-state index in [4.69, 9.17) is 4.42 Å². The summed E-state index contributed by atoms with van der Waals surface area (Å²) in [5.41, 5.74) is 5.05. The van der Waals surface area contributed by atoms with Gasteiger partial charge in [0.15, 0.2) is 0 Å². The second kappa shape index (κ2) is 7.60. The number of nitrogens with one attached hydrogen (secondary N) is 1. The summed E-state index contributed by atoms with van der Waals surface area (Å²) in [4.78, 5) is 21.8. The highest BCUT2D eigenvalue weighted by Crippen LogP contribution is 2.20. The maximum atomic E-state index is 12.9. The monoisotopic (exact) mass is 411 g/mol. The zero-order chi connectivity index (χ0) is 21.4. The number of pyridine rings is 1. The molecule has 0 bridgehead atoms. The van der Waals surface area contributed by atoms with Crippen LogP contribution in [0.5, 0.6) is 0 Å². The fourth-order valence-electron chi connectivity index (χ4n) is 3.78. The van der Waals surface area contributed by atoms with E-state index >= 15 is 0 Å². The van der Waals surface area contributed by atoms with Gasteiger partial charge in [0.1, 0.15) is 17.9 Å². The van der Waals surface area contributed by atoms with Gasteiger partial charge >= 0.3 is 0 Å². The van der Waals surface area contributed by atoms with Crippen LogP contribution in [0.2, 0.25) is 0 Å². The van der Waals surface area contributed by atoms with Crippen LogP contribution >= 0.6 is 0 Å². The number of para-hydroxylation sites is 2. The smallest absolute Gasteiger partial charge is 0.257 e. The summed E-state index contributed by atoms with van der Waals surface area (Å²) in [6.45, 7) is 4.52. The molecule has 0 radical (unpaired) electrons. The van der Waals surface area contributed by atoms with Gasteiger partial charge in [-0.2, -0.15) is 0 Å². The molecule has 31 heavy (non-hydrogen) atoms. The Morgan fingerprint density at radius 1 is 1.06 bits per heavy atom. The van der Waals surface area contributed by atoms with Crippen LogP contribution in [0.1, 0.15) is 27.5 Å². The van der Waals surface area contributed by atoms with Gasteiger partial charge in [-0.05, 0) is 56.3 Å². The summed E-state index contributed by atoms with van der Waals surface area (Å²) in [6, 6.07) is 17.3. The van der Waals surface area contributed by atoms with Crippen molar-refractivity contribution in [2.75, 3.05) is 5.32 Å². The molecule has 5 aromatic rings. The molecule has 1 amide bonds. The fourth-order valence-corrected chi connectivity index (χ4v) is 3.78. The lowest BCUT2D eigenvalue weighted by Crippen LogP contribution is -2.14. The van der Waals surface area contributed by atoms with Crippen LogP contribution in [0.15, 0.2) is 77.8 Å². The first-order valence-corrected chi connectivity index (χ1v) is 9.99. The highest BCUT2D eigenvalue weighted by molar-refractivity contribution is 6.05. The molecule has 1 aromatic carbocycles. The van der Waals surface area contributed by atoms with Crippen LogP contribution in [-0.4, -0.2) is 25.0 Å². The van der Waals surface area contributed by atoms with Crippen molar-refractivity contribution in [1.82, 2.24) is 19.1 Å². The number of nitrogens with zero attached hydrogens (tertiary/aromatic N) is 4. The topological polar surface area (TPSA) is 77.9 Å². The maximum Gasteiger partial charge on any atom is 0.257 e. The highest BCUT2D eigenvalue weighted by Gasteiger charge is 2.17. The summed E-state index contributed by atoms with van der Waals surface area (Å²) < 4.78 is 9.43. The van der Waals surface area contributed by atoms with E-state index in [9.17, 15) is 4.79 Å². The average Bonchev–Trinajstić information content (AvgIpc) is 3.51. The van der Waals surface area contributed by atoms with E-state index in [0.717, 1.165) is 34.0 Å². The standard InChI is InChI=1S/C24H21N5O2/c1-16-12-20(17(2)28(16)14-19-6-5-11-31-19)24(30)27-18-9-10-23(25-13-18)29-15-26-21-7-3-4-8-22(21)29/h3-13,15H,14H2,1-2H3,(H,27,30). The van der Waals surface area contributed by atoms with E-state index in [1.54, 1.807) is 18.8 Å². The zero-order valence-corrected chi connectivity index (χ0v) is 17.2. The van der Waals surface area contributed by atoms with Crippen molar-refractivity contribution < 1.29 is 9.21 Å². The van der Waals surface area contributed by atoms with E-state index in [2.05, 4.69) is 19.9 Å². The normalized spacial score (nSPS) is 11.2. The third-order valence-corrected chi connectivity index (χ3v) is 5.42. The van der Waals surface area contributed by atoms with Gasteiger partial charge in [-0.1, -0.05) is 12.1 Å². The van der Waals surface area contributed by atoms with Crippen LogP contribution in [0, 0.1) is 13.8 Å². The molecule has 0 saturated carbocycles. The molecule has 0 saturated heterocycles. The number of aryl methyl sites for hydroxylation is 1. The molecule has 0 fully saturated rings. The number of anilines is 1. The van der Waals surface area contributed by atoms with Crippen molar-refractivity contribution in [1.29, 1.82) is 0 Å². The van der Waals surface area contributed by atoms with Crippen molar-refractivity contribution in [3.8, 4) is 5.82 Å². The van der Waals surface area contributed by atoms with Gasteiger partial charge in [0.25, 0.3) is 5.91 Å². The van der Waals surface area contributed by atoms with Crippen molar-refractivity contribution >= 4 is 22.6 Å². The second-order valence-electron chi connectivity index (χ2n) is 7.41. The van der Waals surface area contributed by atoms with Crippen LogP contribution < -0.4 is 5.32 Å². The van der Waals surface area contributed by atoms with Crippen LogP contribution in [0.4, 0.5) is 5.69 Å². The number of amides is 1. The number of rotatable bonds is 5. The molecule has 0 aliphatic carbocycles. The molecule has 0 aliphatic rings. The van der Waals surface area contributed by atoms with Crippen molar-refractivity contribution in [3.05, 3.63) is 96.1 Å². The molecule has 7 nitrogen and oxygen atoms in total. The number of aromatic nitrogens is 4. The number of imidazole rings is 1. The van der Waals surface area contributed by atoms with Gasteiger partial charge in [-0.25, -0.2) is 9.97 Å². The molecule has 0 atom stereocenters. The summed E-state index contributed by atoms with van der Waals surface area (Å²) in [5, 5.41) is 2.95. The summed E-state index contributed by atoms with van der Waals surface area (Å²) in [5.74, 6) is 1.42. The molecule has 5 rings (SSSR count). The highest BCUT2D eigenvalue weighted by atomic mass is 16.3. The quantitative estimate of drug-likeness (QED) is 0.453. The molecule has 4 heterocycles. The predicted octanol–water partition coefficient (Wildman–Crippen LogP) is 4.73. The van der Waals surface area contributed by atoms with Gasteiger partial charge < -0.3 is 14.3 Å². The summed E-state index contributed by atoms with van der Waals surface area (Å²) >= 11 is 0. The van der Waals surface area contributed by atoms with Crippen molar-refractivity contribution in [2.24, 2.45) is 0 Å². The molecule has 4 aromatic heterocycles. The van der Waals surface area contributed by atoms with E-state index in [-0.39, 0.29) is 5.91 Å². The van der Waals surface area contributed by atoms with Crippen molar-refractivity contribution in [2.45, 2.75) is 20.4 Å². The fraction of sp³-hybridized carbons (Fsp3) is 0.125. The third kappa shape index (κ3) is 3.50. The first-order valence-electron chi connectivity index (χ1n) is 9.99. The number of benzene rings is 1. The lowest BCUT2D eigenvalue weighted by Gasteiger charge is -2.09. The Balaban J connectivity index is 1.35. The second-order valence-corrected chi connectivity index (χ2v) is 7.41. The minimum Gasteiger partial charge on any atom is -0.467 e. The largest absolute Gasteiger partial charge is 0.467 e. The Morgan fingerprint density at radius 2 is 1.94 bits per heavy atom. The molecular weight excluding hydrogens is 390 g/mol. The SMILES string of the molecule is Cc1cc(C(=O)Nc2ccc(-n3cnc4ccccc43)nc2)c(C)n1Cc1ccco1. The Hall–Kier alpha value is -4.13. The van der Waals surface area contributed by atoms with Gasteiger partial charge in [-0.3, -0.25) is 9.36 Å². The van der Waals surface area contributed by atoms with Gasteiger partial charge in [0.2, 0.25) is 0 Å². The maximum absolute atomic E-state index is 12.9. The molecule has 7 heteroatoms. The average molecular weight is 411 g/mol. The number of hydrogen-bond donors (Lipinski definition) is 1. The lowest BCUT2D eigenvalue weighted by atomic mass is 10.2. The van der Waals surface area contributed by atoms with Crippen molar-refractivity contribution in [3.63, 3.8) is 0 Å². The number of carbonyl (C=O) groups excluding carboxylic acids is 1. The third-order valence-electron chi connectivity index (χ3n) is 5.42. The predicted molar refractivity (Wildman–Crippen MR) is 119 cm³/mol. The van der Waals surface area contributed by atoms with E-state index in [0.29, 0.717) is 17.8 Å². The molecule has 0 aliphatic heterocycles. The van der Waals surface area contributed by atoms with Crippen LogP contribution in [-0.2, 0) is 6.54 Å². The minimum atomic E-state index is -0.165. The number of carbonyl (C=O) groups is 1. The molecule has 1 N–H and O–H groups in total. The zero-order valence-electron chi connectivity index (χ0n) is 17.2.